The average molecular weight is 279 g/mol. The van der Waals surface area contributed by atoms with Crippen LogP contribution in [0.5, 0.6) is 0 Å². The van der Waals surface area contributed by atoms with Gasteiger partial charge in [-0.15, -0.1) is 0 Å². The van der Waals surface area contributed by atoms with E-state index in [1.807, 2.05) is 35.2 Å². The van der Waals surface area contributed by atoms with Crippen molar-refractivity contribution in [2.24, 2.45) is 0 Å². The van der Waals surface area contributed by atoms with Crippen LogP contribution in [0.1, 0.15) is 21.7 Å². The highest BCUT2D eigenvalue weighted by Gasteiger charge is 2.24. The molecule has 4 rings (SSSR count). The van der Waals surface area contributed by atoms with Crippen LogP contribution in [-0.4, -0.2) is 27.5 Å². The summed E-state index contributed by atoms with van der Waals surface area (Å²) in [4.78, 5) is 18.7. The van der Waals surface area contributed by atoms with Crippen molar-refractivity contribution < 1.29 is 9.32 Å². The van der Waals surface area contributed by atoms with E-state index >= 15 is 0 Å². The number of carbonyl (C=O) groups is 1. The Balaban J connectivity index is 1.64. The lowest BCUT2D eigenvalue weighted by Gasteiger charge is -2.25. The second kappa shape index (κ2) is 4.70. The molecule has 0 bridgehead atoms. The van der Waals surface area contributed by atoms with E-state index in [4.69, 9.17) is 4.52 Å². The van der Waals surface area contributed by atoms with Crippen LogP contribution in [0.2, 0.25) is 0 Å². The van der Waals surface area contributed by atoms with Gasteiger partial charge in [-0.25, -0.2) is 0 Å². The molecule has 0 unspecified atom stereocenters. The predicted molar refractivity (Wildman–Crippen MR) is 76.7 cm³/mol. The van der Waals surface area contributed by atoms with Gasteiger partial charge in [-0.05, 0) is 24.3 Å². The maximum absolute atomic E-state index is 12.6. The van der Waals surface area contributed by atoms with Gasteiger partial charge in [0.2, 0.25) is 0 Å². The summed E-state index contributed by atoms with van der Waals surface area (Å²) in [6.07, 6.45) is 4.16. The third-order valence-electron chi connectivity index (χ3n) is 3.84. The molecule has 1 amide bonds. The molecule has 0 radical (unpaired) electrons. The van der Waals surface area contributed by atoms with Crippen molar-refractivity contribution in [1.29, 1.82) is 0 Å². The van der Waals surface area contributed by atoms with Crippen LogP contribution < -0.4 is 0 Å². The lowest BCUT2D eigenvalue weighted by molar-refractivity contribution is 0.0729. The van der Waals surface area contributed by atoms with E-state index in [2.05, 4.69) is 10.1 Å². The minimum atomic E-state index is 0.0348. The fraction of sp³-hybridized carbons (Fsp3) is 0.188. The summed E-state index contributed by atoms with van der Waals surface area (Å²) in [5.41, 5.74) is 2.58. The highest BCUT2D eigenvalue weighted by Crippen LogP contribution is 2.21. The van der Waals surface area contributed by atoms with Crippen molar-refractivity contribution in [3.8, 4) is 0 Å². The highest BCUT2D eigenvalue weighted by atomic mass is 16.5. The third kappa shape index (κ3) is 2.07. The number of rotatable bonds is 1. The molecule has 1 aliphatic heterocycles. The van der Waals surface area contributed by atoms with E-state index in [-0.39, 0.29) is 5.91 Å². The van der Waals surface area contributed by atoms with Crippen LogP contribution in [0.15, 0.2) is 47.2 Å². The molecule has 5 heteroatoms. The van der Waals surface area contributed by atoms with E-state index in [0.29, 0.717) is 18.7 Å². The minimum Gasteiger partial charge on any atom is -0.361 e. The minimum absolute atomic E-state index is 0.0348. The maximum Gasteiger partial charge on any atom is 0.254 e. The largest absolute Gasteiger partial charge is 0.361 e. The van der Waals surface area contributed by atoms with Crippen LogP contribution in [0, 0.1) is 0 Å². The quantitative estimate of drug-likeness (QED) is 0.686. The van der Waals surface area contributed by atoms with Gasteiger partial charge in [0.1, 0.15) is 5.76 Å². The molecule has 21 heavy (non-hydrogen) atoms. The fourth-order valence-corrected chi connectivity index (χ4v) is 2.71. The molecule has 0 N–H and O–H groups in total. The van der Waals surface area contributed by atoms with Gasteiger partial charge in [-0.2, -0.15) is 0 Å². The first kappa shape index (κ1) is 12.1. The molecule has 0 atom stereocenters. The Labute approximate surface area is 121 Å². The Morgan fingerprint density at radius 3 is 3.19 bits per heavy atom. The summed E-state index contributed by atoms with van der Waals surface area (Å²) in [5, 5.41) is 4.77. The maximum atomic E-state index is 12.6. The van der Waals surface area contributed by atoms with E-state index in [9.17, 15) is 4.79 Å². The highest BCUT2D eigenvalue weighted by molar-refractivity contribution is 5.98. The number of hydrogen-bond acceptors (Lipinski definition) is 4. The first-order valence-electron chi connectivity index (χ1n) is 6.88. The van der Waals surface area contributed by atoms with Gasteiger partial charge >= 0.3 is 0 Å². The van der Waals surface area contributed by atoms with Crippen molar-refractivity contribution in [2.45, 2.75) is 13.0 Å². The molecule has 104 valence electrons. The van der Waals surface area contributed by atoms with Crippen molar-refractivity contribution in [2.75, 3.05) is 6.54 Å². The van der Waals surface area contributed by atoms with Gasteiger partial charge in [-0.1, -0.05) is 11.2 Å². The second-order valence-corrected chi connectivity index (χ2v) is 5.16. The monoisotopic (exact) mass is 279 g/mol. The Bertz CT molecular complexity index is 825. The molecule has 3 aromatic rings. The van der Waals surface area contributed by atoms with Crippen LogP contribution >= 0.6 is 0 Å². The summed E-state index contributed by atoms with van der Waals surface area (Å²) in [6, 6.07) is 9.46. The van der Waals surface area contributed by atoms with Crippen LogP contribution in [-0.2, 0) is 13.0 Å². The Hall–Kier alpha value is -2.69. The SMILES string of the molecule is O=C(c1ccc2ncccc2c1)N1CCc2oncc2C1. The Kier molecular flexibility index (Phi) is 2.70. The van der Waals surface area contributed by atoms with Gasteiger partial charge in [-0.3, -0.25) is 9.78 Å². The molecule has 3 heterocycles. The van der Waals surface area contributed by atoms with E-state index in [1.54, 1.807) is 12.4 Å². The van der Waals surface area contributed by atoms with Crippen LogP contribution in [0.25, 0.3) is 10.9 Å². The van der Waals surface area contributed by atoms with Crippen LogP contribution in [0.4, 0.5) is 0 Å². The second-order valence-electron chi connectivity index (χ2n) is 5.16. The molecule has 5 nitrogen and oxygen atoms in total. The third-order valence-corrected chi connectivity index (χ3v) is 3.84. The van der Waals surface area contributed by atoms with E-state index in [1.165, 1.54) is 0 Å². The molecule has 0 saturated carbocycles. The molecule has 2 aromatic heterocycles. The Morgan fingerprint density at radius 2 is 2.24 bits per heavy atom. The number of nitrogens with zero attached hydrogens (tertiary/aromatic N) is 3. The standard InChI is InChI=1S/C16H13N3O2/c20-16(19-7-5-15-13(10-19)9-18-21-15)12-3-4-14-11(8-12)2-1-6-17-14/h1-4,6,8-9H,5,7,10H2. The first-order chi connectivity index (χ1) is 10.3. The number of aromatic nitrogens is 2. The molecule has 0 aliphatic carbocycles. The zero-order valence-corrected chi connectivity index (χ0v) is 11.3. The van der Waals surface area contributed by atoms with Gasteiger partial charge in [0.05, 0.1) is 18.3 Å². The van der Waals surface area contributed by atoms with Gasteiger partial charge in [0.25, 0.3) is 5.91 Å². The molecule has 0 fully saturated rings. The summed E-state index contributed by atoms with van der Waals surface area (Å²) in [7, 11) is 0. The zero-order chi connectivity index (χ0) is 14.2. The topological polar surface area (TPSA) is 59.2 Å². The smallest absolute Gasteiger partial charge is 0.254 e. The first-order valence-corrected chi connectivity index (χ1v) is 6.88. The van der Waals surface area contributed by atoms with Crippen molar-refractivity contribution in [3.63, 3.8) is 0 Å². The average Bonchev–Trinajstić information content (AvgIpc) is 3.01. The number of carbonyl (C=O) groups excluding carboxylic acids is 1. The van der Waals surface area contributed by atoms with E-state index in [0.717, 1.165) is 28.6 Å². The summed E-state index contributed by atoms with van der Waals surface area (Å²) in [6.45, 7) is 1.22. The number of amides is 1. The van der Waals surface area contributed by atoms with Gasteiger partial charge in [0.15, 0.2) is 0 Å². The molecule has 0 spiro atoms. The van der Waals surface area contributed by atoms with Crippen molar-refractivity contribution in [1.82, 2.24) is 15.0 Å². The molecular formula is C16H13N3O2. The number of fused-ring (bicyclic) bond motifs is 2. The summed E-state index contributed by atoms with van der Waals surface area (Å²) < 4.78 is 5.15. The molecule has 0 saturated heterocycles. The van der Waals surface area contributed by atoms with Gasteiger partial charge in [0, 0.05) is 35.7 Å². The number of hydrogen-bond donors (Lipinski definition) is 0. The van der Waals surface area contributed by atoms with Gasteiger partial charge < -0.3 is 9.42 Å². The number of benzene rings is 1. The fourth-order valence-electron chi connectivity index (χ4n) is 2.71. The van der Waals surface area contributed by atoms with Crippen molar-refractivity contribution >= 4 is 16.8 Å². The summed E-state index contributed by atoms with van der Waals surface area (Å²) >= 11 is 0. The normalized spacial score (nSPS) is 14.2. The lowest BCUT2D eigenvalue weighted by atomic mass is 10.1. The zero-order valence-electron chi connectivity index (χ0n) is 11.3. The van der Waals surface area contributed by atoms with E-state index < -0.39 is 0 Å². The lowest BCUT2D eigenvalue weighted by Crippen LogP contribution is -2.35. The summed E-state index contributed by atoms with van der Waals surface area (Å²) in [5.74, 6) is 0.925. The predicted octanol–water partition coefficient (Wildman–Crippen LogP) is 2.42. The molecule has 1 aromatic carbocycles. The van der Waals surface area contributed by atoms with Crippen LogP contribution in [0.3, 0.4) is 0 Å². The Morgan fingerprint density at radius 1 is 1.29 bits per heavy atom. The van der Waals surface area contributed by atoms with Crippen molar-refractivity contribution in [3.05, 3.63) is 59.6 Å². The number of pyridine rings is 1. The molecule has 1 aliphatic rings. The molecular weight excluding hydrogens is 266 g/mol.